The van der Waals surface area contributed by atoms with E-state index in [9.17, 15) is 102 Å². The van der Waals surface area contributed by atoms with Gasteiger partial charge in [-0.2, -0.15) is 23.5 Å². The smallest absolute Gasteiger partial charge is 0.221 e. The zero-order valence-corrected chi connectivity index (χ0v) is 57.8. The number of hydrogen-bond donors (Lipinski definition) is 22. The van der Waals surface area contributed by atoms with Gasteiger partial charge < -0.3 is 179 Å². The predicted molar refractivity (Wildman–Crippen MR) is 346 cm³/mol. The molecule has 43 heteroatoms. The van der Waals surface area contributed by atoms with Crippen molar-refractivity contribution in [1.82, 2.24) is 9.97 Å². The summed E-state index contributed by atoms with van der Waals surface area (Å²) in [4.78, 5) is 21.9. The molecular formula is C60H87N5O34S4. The Kier molecular flexibility index (Phi) is 26.9. The third-order valence-electron chi connectivity index (χ3n) is 18.8. The highest BCUT2D eigenvalue weighted by Gasteiger charge is 2.60. The Labute approximate surface area is 601 Å². The number of amides is 1. The highest BCUT2D eigenvalue weighted by Crippen LogP contribution is 2.41. The fraction of sp³-hybridized carbons (Fsp3) is 0.783. The molecule has 39 nitrogen and oxygen atoms in total. The number of aromatic nitrogens is 2. The highest BCUT2D eigenvalue weighted by atomic mass is 32.2. The van der Waals surface area contributed by atoms with Crippen LogP contribution >= 0.6 is 46.2 Å². The molecule has 27 rings (SSSR count). The van der Waals surface area contributed by atoms with E-state index in [0.29, 0.717) is 38.5 Å². The number of ether oxygens (including phenoxy) is 14. The summed E-state index contributed by atoms with van der Waals surface area (Å²) in [7, 11) is 0. The SMILES string of the molecule is CC(=O)Nc1cc2cc(c1)NCc1nc(cs1)CSCC1O[C@@H]3O[C@@H]4C(CO)O[C@H](O[C@@H]5C(CO)O[C@H](O[C@@H]6C(CO)O[C@H](O[C@@H]7C(CSCc8csc(n8)CN2)O[C@H](O[C@@H]2C(CO)O[C@H](O[C@@H]8C(CO)O[C@H](O[C@H]1C(O)C3O)C(O)C8O)C(O)C2O)C(O)C7O)C(O)C6O)C(O)C5O)C(O)C4O. The molecule has 22 N–H and O–H groups in total. The summed E-state index contributed by atoms with van der Waals surface area (Å²) in [5, 5.41) is 233. The van der Waals surface area contributed by atoms with E-state index < -0.39 is 248 Å². The number of aliphatic hydroxyl groups excluding tert-OH is 19. The van der Waals surface area contributed by atoms with E-state index in [1.54, 1.807) is 29.0 Å². The van der Waals surface area contributed by atoms with Crippen LogP contribution in [0.1, 0.15) is 28.3 Å². The molecule has 26 heterocycles. The average molecular weight is 1550 g/mol. The summed E-state index contributed by atoms with van der Waals surface area (Å²) in [6, 6.07) is 5.25. The minimum absolute atomic E-state index is 0.150. The molecule has 1 aromatic carbocycles. The van der Waals surface area contributed by atoms with Gasteiger partial charge in [-0.15, -0.1) is 22.7 Å². The van der Waals surface area contributed by atoms with Crippen molar-refractivity contribution in [2.75, 3.05) is 60.5 Å². The Morgan fingerprint density at radius 1 is 0.388 bits per heavy atom. The number of thioether (sulfide) groups is 2. The fourth-order valence-electron chi connectivity index (χ4n) is 13.4. The molecule has 3 aromatic rings. The number of thiazole rings is 2. The molecule has 21 fully saturated rings. The van der Waals surface area contributed by atoms with Gasteiger partial charge >= 0.3 is 0 Å². The minimum atomic E-state index is -2.21. The lowest BCUT2D eigenvalue weighted by molar-refractivity contribution is -0.395. The van der Waals surface area contributed by atoms with Gasteiger partial charge in [0.1, 0.15) is 169 Å². The van der Waals surface area contributed by atoms with Crippen LogP contribution in [0.4, 0.5) is 17.1 Å². The molecule has 0 spiro atoms. The molecule has 1 amide bonds. The van der Waals surface area contributed by atoms with Crippen LogP contribution in [0.3, 0.4) is 0 Å². The number of nitrogens with zero attached hydrogens (tertiary/aromatic N) is 2. The number of hydrogen-bond acceptors (Lipinski definition) is 42. The van der Waals surface area contributed by atoms with Gasteiger partial charge in [0.15, 0.2) is 44.0 Å². The van der Waals surface area contributed by atoms with E-state index in [1.165, 1.54) is 29.6 Å². The lowest BCUT2D eigenvalue weighted by Crippen LogP contribution is -2.68. The van der Waals surface area contributed by atoms with Crippen LogP contribution in [-0.2, 0) is 95.7 Å². The number of aliphatic hydroxyl groups is 19. The van der Waals surface area contributed by atoms with Gasteiger partial charge in [-0.25, -0.2) is 9.97 Å². The van der Waals surface area contributed by atoms with Gasteiger partial charge in [0.2, 0.25) is 5.91 Å². The second-order valence-electron chi connectivity index (χ2n) is 26.0. The maximum Gasteiger partial charge on any atom is 0.221 e. The number of carbonyl (C=O) groups excluding carboxylic acids is 1. The maximum atomic E-state index is 12.3. The van der Waals surface area contributed by atoms with Crippen LogP contribution in [0.15, 0.2) is 29.0 Å². The van der Waals surface area contributed by atoms with Crippen molar-refractivity contribution in [2.45, 2.75) is 246 Å². The van der Waals surface area contributed by atoms with Crippen LogP contribution in [0.5, 0.6) is 0 Å². The summed E-state index contributed by atoms with van der Waals surface area (Å²) >= 11 is 4.92. The van der Waals surface area contributed by atoms with E-state index in [-0.39, 0.29) is 42.0 Å². The van der Waals surface area contributed by atoms with Crippen LogP contribution in [-0.4, -0.2) is 372 Å². The standard InChI is InChI=1S/C60H87N5O34S4/c1-18(71)63-21-3-19-2-20(4-21)62-6-32-65-23(15-103-32)13-101-17-30-53-38(77)45(84)59(91-30)96-50-27(10-69)87-55(41(80)34(50)73)93-47-24(7-66)86-54(40(79)33(47)72)94-48-25(8-67)89-57(43(82)36(48)75)98-52-29(16-100-12-22-14-102-31(64-22)5-61-19)92-60(46(85)39(52)78)97-51-28(11-70)88-56(42(81)35(51)74)95-49-26(9-68)90-58(99-53)44(83)37(49)76/h2-4,14-15,24-30,33-62,66-70,72-85H,5-13,16-17H2,1H3,(H,63,71)/t24?,25?,26?,27?,28?,29?,30?,33?,34?,35?,36?,37?,38?,39?,40?,41?,42?,43?,44?,45?,46?,47-,48-,49-,50-,51-,52-,53-,54-,55-,56-,57-,58-,59-,60-/m1/s1. The molecule has 22 bridgehead atoms. The third-order valence-corrected chi connectivity index (χ3v) is 22.8. The Morgan fingerprint density at radius 2 is 0.650 bits per heavy atom. The first-order valence-corrected chi connectivity index (χ1v) is 37.1. The lowest BCUT2D eigenvalue weighted by Gasteiger charge is -2.50. The van der Waals surface area contributed by atoms with E-state index in [4.69, 9.17) is 76.3 Å². The molecule has 2 aromatic heterocycles. The normalized spacial score (nSPS) is 45.5. The summed E-state index contributed by atoms with van der Waals surface area (Å²) in [6.07, 6.45) is -69.2. The number of rotatable bonds is 6. The second-order valence-corrected chi connectivity index (χ2v) is 29.9. The highest BCUT2D eigenvalue weighted by molar-refractivity contribution is 7.98. The van der Waals surface area contributed by atoms with Crippen LogP contribution in [0, 0.1) is 0 Å². The molecule has 24 aliphatic heterocycles. The van der Waals surface area contributed by atoms with Crippen LogP contribution in [0.25, 0.3) is 0 Å². The van der Waals surface area contributed by atoms with Gasteiger partial charge in [0.25, 0.3) is 0 Å². The number of nitrogens with one attached hydrogen (secondary N) is 3. The van der Waals surface area contributed by atoms with Gasteiger partial charge in [-0.1, -0.05) is 0 Å². The second kappa shape index (κ2) is 34.9. The minimum Gasteiger partial charge on any atom is -0.394 e. The maximum absolute atomic E-state index is 12.3. The van der Waals surface area contributed by atoms with Gasteiger partial charge in [0, 0.05) is 57.8 Å². The van der Waals surface area contributed by atoms with Gasteiger partial charge in [0.05, 0.1) is 69.7 Å². The lowest BCUT2D eigenvalue weighted by atomic mass is 9.95. The monoisotopic (exact) mass is 1550 g/mol. The molecule has 0 aliphatic carbocycles. The molecule has 0 saturated carbocycles. The summed E-state index contributed by atoms with van der Waals surface area (Å²) in [5.74, 6) is -0.413. The largest absolute Gasteiger partial charge is 0.394 e. The van der Waals surface area contributed by atoms with Crippen molar-refractivity contribution >= 4 is 69.2 Å². The zero-order valence-electron chi connectivity index (χ0n) is 54.5. The molecule has 580 valence electrons. The van der Waals surface area contributed by atoms with Crippen molar-refractivity contribution in [3.8, 4) is 0 Å². The molecule has 0 radical (unpaired) electrons. The first-order valence-electron chi connectivity index (χ1n) is 33.1. The summed E-state index contributed by atoms with van der Waals surface area (Å²) in [5.41, 5.74) is 2.73. The molecular weight excluding hydrogens is 1460 g/mol. The van der Waals surface area contributed by atoms with Crippen molar-refractivity contribution in [3.63, 3.8) is 0 Å². The van der Waals surface area contributed by atoms with E-state index >= 15 is 0 Å². The van der Waals surface area contributed by atoms with Crippen LogP contribution in [0.2, 0.25) is 0 Å². The molecule has 35 atom stereocenters. The van der Waals surface area contributed by atoms with Crippen molar-refractivity contribution < 1.29 is 168 Å². The average Bonchev–Trinajstić information content (AvgIpc) is 0.930. The quantitative estimate of drug-likeness (QED) is 0.109. The summed E-state index contributed by atoms with van der Waals surface area (Å²) in [6.45, 7) is -3.42. The van der Waals surface area contributed by atoms with E-state index in [1.807, 2.05) is 0 Å². The van der Waals surface area contributed by atoms with E-state index in [2.05, 4.69) is 16.0 Å². The third kappa shape index (κ3) is 17.4. The van der Waals surface area contributed by atoms with Crippen molar-refractivity contribution in [2.24, 2.45) is 0 Å². The molecule has 24 aliphatic rings. The number of carbonyl (C=O) groups is 1. The topological polar surface area (TPSA) is 593 Å². The fourth-order valence-corrected chi connectivity index (χ4v) is 17.0. The zero-order chi connectivity index (χ0) is 73.4. The Morgan fingerprint density at radius 3 is 0.922 bits per heavy atom. The van der Waals surface area contributed by atoms with Crippen molar-refractivity contribution in [3.05, 3.63) is 50.4 Å². The summed E-state index contributed by atoms with van der Waals surface area (Å²) < 4.78 is 84.3. The number of benzene rings is 1. The van der Waals surface area contributed by atoms with Crippen molar-refractivity contribution in [1.29, 1.82) is 0 Å². The van der Waals surface area contributed by atoms with Gasteiger partial charge in [-0.3, -0.25) is 4.79 Å². The molecule has 103 heavy (non-hydrogen) atoms. The Bertz CT molecular complexity index is 3190. The Balaban J connectivity index is 0.908. The number of anilines is 3. The van der Waals surface area contributed by atoms with Gasteiger partial charge in [-0.05, 0) is 18.2 Å². The van der Waals surface area contributed by atoms with Crippen LogP contribution < -0.4 is 16.0 Å². The Hall–Kier alpha value is -3.07. The molecule has 21 saturated heterocycles. The first-order chi connectivity index (χ1) is 49.4. The predicted octanol–water partition coefficient (Wildman–Crippen LogP) is -8.94. The first kappa shape index (κ1) is 79.5. The molecule has 21 unspecified atom stereocenters. The van der Waals surface area contributed by atoms with E-state index in [0.717, 1.165) is 23.5 Å².